The standard InChI is InChI=1S/C19H22N6O2/c1-24(18(20)14-9-5-3-6-10-14)22-16(26)13-17(27)23-25(2)19(21)15-11-7-4-8-12-15/h3-12,20-21H,13H2,1-2H3,(H,22,26)(H,23,27). The van der Waals surface area contributed by atoms with Crippen LogP contribution in [0.5, 0.6) is 0 Å². The van der Waals surface area contributed by atoms with Crippen LogP contribution in [-0.4, -0.2) is 47.6 Å². The lowest BCUT2D eigenvalue weighted by atomic mass is 10.2. The lowest BCUT2D eigenvalue weighted by molar-refractivity contribution is -0.132. The van der Waals surface area contributed by atoms with Gasteiger partial charge in [0.15, 0.2) is 0 Å². The van der Waals surface area contributed by atoms with E-state index in [1.807, 2.05) is 12.1 Å². The highest BCUT2D eigenvalue weighted by molar-refractivity contribution is 6.02. The van der Waals surface area contributed by atoms with Crippen LogP contribution in [0.2, 0.25) is 0 Å². The Labute approximate surface area is 157 Å². The van der Waals surface area contributed by atoms with Crippen LogP contribution >= 0.6 is 0 Å². The van der Waals surface area contributed by atoms with E-state index in [-0.39, 0.29) is 11.7 Å². The molecule has 2 rings (SSSR count). The van der Waals surface area contributed by atoms with Gasteiger partial charge in [-0.15, -0.1) is 0 Å². The topological polar surface area (TPSA) is 112 Å². The Morgan fingerprint density at radius 3 is 1.41 bits per heavy atom. The number of nitrogens with one attached hydrogen (secondary N) is 4. The van der Waals surface area contributed by atoms with E-state index in [4.69, 9.17) is 10.8 Å². The molecule has 0 aliphatic rings. The molecule has 0 saturated heterocycles. The molecule has 0 aliphatic carbocycles. The number of benzene rings is 2. The number of rotatable bonds is 4. The first-order valence-corrected chi connectivity index (χ1v) is 8.23. The molecule has 0 unspecified atom stereocenters. The van der Waals surface area contributed by atoms with E-state index in [2.05, 4.69) is 10.9 Å². The van der Waals surface area contributed by atoms with Gasteiger partial charge in [0.1, 0.15) is 18.1 Å². The zero-order valence-electron chi connectivity index (χ0n) is 15.2. The summed E-state index contributed by atoms with van der Waals surface area (Å²) in [7, 11) is 3.06. The van der Waals surface area contributed by atoms with Crippen LogP contribution in [0.4, 0.5) is 0 Å². The summed E-state index contributed by atoms with van der Waals surface area (Å²) >= 11 is 0. The second-order valence-electron chi connectivity index (χ2n) is 5.79. The van der Waals surface area contributed by atoms with Gasteiger partial charge in [-0.1, -0.05) is 60.7 Å². The zero-order chi connectivity index (χ0) is 19.8. The summed E-state index contributed by atoms with van der Waals surface area (Å²) in [5.41, 5.74) is 6.24. The van der Waals surface area contributed by atoms with Crippen LogP contribution in [0.25, 0.3) is 0 Å². The summed E-state index contributed by atoms with van der Waals surface area (Å²) in [6, 6.07) is 17.9. The first-order chi connectivity index (χ1) is 12.9. The smallest absolute Gasteiger partial charge is 0.248 e. The van der Waals surface area contributed by atoms with E-state index in [0.29, 0.717) is 11.1 Å². The van der Waals surface area contributed by atoms with Crippen molar-refractivity contribution < 1.29 is 9.59 Å². The molecule has 0 bridgehead atoms. The lowest BCUT2D eigenvalue weighted by Gasteiger charge is -2.22. The summed E-state index contributed by atoms with van der Waals surface area (Å²) in [4.78, 5) is 24.1. The second kappa shape index (κ2) is 9.14. The number of hydrogen-bond acceptors (Lipinski definition) is 4. The SMILES string of the molecule is CN(NC(=O)CC(=O)NN(C)C(=N)c1ccccc1)C(=N)c1ccccc1. The van der Waals surface area contributed by atoms with Gasteiger partial charge >= 0.3 is 0 Å². The maximum absolute atomic E-state index is 12.0. The Hall–Kier alpha value is -3.68. The second-order valence-corrected chi connectivity index (χ2v) is 5.79. The number of amidine groups is 2. The van der Waals surface area contributed by atoms with Gasteiger partial charge in [0, 0.05) is 25.2 Å². The highest BCUT2D eigenvalue weighted by Crippen LogP contribution is 2.02. The van der Waals surface area contributed by atoms with E-state index in [1.165, 1.54) is 24.1 Å². The van der Waals surface area contributed by atoms with Crippen LogP contribution in [0, 0.1) is 10.8 Å². The molecule has 0 spiro atoms. The molecule has 0 aromatic heterocycles. The van der Waals surface area contributed by atoms with Gasteiger partial charge in [0.05, 0.1) is 0 Å². The minimum Gasteiger partial charge on any atom is -0.283 e. The van der Waals surface area contributed by atoms with Crippen LogP contribution in [0.3, 0.4) is 0 Å². The van der Waals surface area contributed by atoms with Crippen LogP contribution in [-0.2, 0) is 9.59 Å². The summed E-state index contributed by atoms with van der Waals surface area (Å²) in [6.45, 7) is 0. The molecule has 0 radical (unpaired) electrons. The Bertz CT molecular complexity index is 753. The fraction of sp³-hybridized carbons (Fsp3) is 0.158. The van der Waals surface area contributed by atoms with Crippen molar-refractivity contribution in [2.24, 2.45) is 0 Å². The van der Waals surface area contributed by atoms with E-state index in [0.717, 1.165) is 0 Å². The van der Waals surface area contributed by atoms with Crippen molar-refractivity contribution in [2.45, 2.75) is 6.42 Å². The van der Waals surface area contributed by atoms with Crippen molar-refractivity contribution in [1.82, 2.24) is 20.9 Å². The number of carbonyl (C=O) groups excluding carboxylic acids is 2. The maximum atomic E-state index is 12.0. The number of hydrazine groups is 2. The Morgan fingerprint density at radius 2 is 1.07 bits per heavy atom. The molecule has 2 aromatic rings. The molecule has 8 heteroatoms. The Balaban J connectivity index is 1.83. The minimum absolute atomic E-state index is 0.104. The first-order valence-electron chi connectivity index (χ1n) is 8.23. The third kappa shape index (κ3) is 5.67. The van der Waals surface area contributed by atoms with Gasteiger partial charge in [-0.05, 0) is 0 Å². The fourth-order valence-electron chi connectivity index (χ4n) is 2.29. The van der Waals surface area contributed by atoms with E-state index < -0.39 is 18.2 Å². The quantitative estimate of drug-likeness (QED) is 0.283. The Morgan fingerprint density at radius 1 is 0.741 bits per heavy atom. The summed E-state index contributed by atoms with van der Waals surface area (Å²) in [5, 5.41) is 18.6. The molecular weight excluding hydrogens is 344 g/mol. The average Bonchev–Trinajstić information content (AvgIpc) is 2.67. The van der Waals surface area contributed by atoms with Gasteiger partial charge in [0.25, 0.3) is 0 Å². The van der Waals surface area contributed by atoms with E-state index >= 15 is 0 Å². The number of nitrogens with zero attached hydrogens (tertiary/aromatic N) is 2. The summed E-state index contributed by atoms with van der Waals surface area (Å²) < 4.78 is 0. The van der Waals surface area contributed by atoms with Gasteiger partial charge in [0.2, 0.25) is 11.8 Å². The van der Waals surface area contributed by atoms with Crippen molar-refractivity contribution in [3.63, 3.8) is 0 Å². The monoisotopic (exact) mass is 366 g/mol. The molecule has 27 heavy (non-hydrogen) atoms. The van der Waals surface area contributed by atoms with Crippen molar-refractivity contribution in [3.8, 4) is 0 Å². The molecule has 8 nitrogen and oxygen atoms in total. The van der Waals surface area contributed by atoms with E-state index in [1.54, 1.807) is 48.5 Å². The zero-order valence-corrected chi connectivity index (χ0v) is 15.2. The van der Waals surface area contributed by atoms with Crippen molar-refractivity contribution >= 4 is 23.5 Å². The highest BCUT2D eigenvalue weighted by atomic mass is 16.2. The van der Waals surface area contributed by atoms with Gasteiger partial charge < -0.3 is 0 Å². The Kier molecular flexibility index (Phi) is 6.65. The van der Waals surface area contributed by atoms with Crippen LogP contribution in [0.1, 0.15) is 17.5 Å². The molecule has 140 valence electrons. The van der Waals surface area contributed by atoms with Crippen molar-refractivity contribution in [2.75, 3.05) is 14.1 Å². The summed E-state index contributed by atoms with van der Waals surface area (Å²) in [5.74, 6) is -0.912. The molecule has 0 fully saturated rings. The third-order valence-corrected chi connectivity index (χ3v) is 3.67. The number of amides is 2. The average molecular weight is 366 g/mol. The van der Waals surface area contributed by atoms with E-state index in [9.17, 15) is 9.59 Å². The minimum atomic E-state index is -0.560. The predicted molar refractivity (Wildman–Crippen MR) is 103 cm³/mol. The van der Waals surface area contributed by atoms with Crippen LogP contribution < -0.4 is 10.9 Å². The molecule has 0 atom stereocenters. The third-order valence-electron chi connectivity index (χ3n) is 3.67. The lowest BCUT2D eigenvalue weighted by Crippen LogP contribution is -2.47. The molecule has 4 N–H and O–H groups in total. The first kappa shape index (κ1) is 19.6. The normalized spacial score (nSPS) is 9.85. The van der Waals surface area contributed by atoms with Crippen molar-refractivity contribution in [3.05, 3.63) is 71.8 Å². The fourth-order valence-corrected chi connectivity index (χ4v) is 2.29. The van der Waals surface area contributed by atoms with Crippen LogP contribution in [0.15, 0.2) is 60.7 Å². The predicted octanol–water partition coefficient (Wildman–Crippen LogP) is 1.35. The van der Waals surface area contributed by atoms with Crippen molar-refractivity contribution in [1.29, 1.82) is 10.8 Å². The molecule has 2 aromatic carbocycles. The largest absolute Gasteiger partial charge is 0.283 e. The number of carbonyl (C=O) groups is 2. The molecule has 0 aliphatic heterocycles. The molecule has 0 saturated carbocycles. The van der Waals surface area contributed by atoms with Gasteiger partial charge in [-0.2, -0.15) is 0 Å². The molecule has 0 heterocycles. The van der Waals surface area contributed by atoms with Gasteiger partial charge in [-0.25, -0.2) is 0 Å². The summed E-state index contributed by atoms with van der Waals surface area (Å²) in [6.07, 6.45) is -0.432. The molecular formula is C19H22N6O2. The number of hydrogen-bond donors (Lipinski definition) is 4. The molecule has 2 amide bonds. The highest BCUT2D eigenvalue weighted by Gasteiger charge is 2.16. The maximum Gasteiger partial charge on any atom is 0.248 e. The van der Waals surface area contributed by atoms with Gasteiger partial charge in [-0.3, -0.25) is 41.3 Å².